The summed E-state index contributed by atoms with van der Waals surface area (Å²) in [5.41, 5.74) is 2.18. The van der Waals surface area contributed by atoms with Crippen LogP contribution in [-0.2, 0) is 0 Å². The molecule has 2 nitrogen and oxygen atoms in total. The molecule has 1 heterocycles. The monoisotopic (exact) mass is 217 g/mol. The number of rotatable bonds is 2. The summed E-state index contributed by atoms with van der Waals surface area (Å²) >= 11 is 5.97. The molecule has 15 heavy (non-hydrogen) atoms. The topological polar surface area (TPSA) is 30.0 Å². The van der Waals surface area contributed by atoms with E-state index in [0.29, 0.717) is 17.1 Å². The smallest absolute Gasteiger partial charge is 0.168 e. The Morgan fingerprint density at radius 2 is 1.80 bits per heavy atom. The number of benzene rings is 1. The van der Waals surface area contributed by atoms with Crippen LogP contribution in [0.1, 0.15) is 10.5 Å². The van der Waals surface area contributed by atoms with E-state index < -0.39 is 0 Å². The number of hydrogen-bond acceptors (Lipinski definition) is 2. The molecule has 0 N–H and O–H groups in total. The number of nitrogens with zero attached hydrogens (tertiary/aromatic N) is 1. The fourth-order valence-electron chi connectivity index (χ4n) is 1.35. The van der Waals surface area contributed by atoms with Crippen LogP contribution < -0.4 is 0 Å². The van der Waals surface area contributed by atoms with Crippen molar-refractivity contribution in [2.45, 2.75) is 0 Å². The first-order valence-electron chi connectivity index (χ1n) is 4.48. The second kappa shape index (κ2) is 4.24. The Kier molecular flexibility index (Phi) is 2.79. The Hall–Kier alpha value is -1.67. The molecule has 3 heteroatoms. The summed E-state index contributed by atoms with van der Waals surface area (Å²) in [6, 6.07) is 13.1. The lowest BCUT2D eigenvalue weighted by Crippen LogP contribution is -1.89. The van der Waals surface area contributed by atoms with E-state index in [1.165, 1.54) is 0 Å². The van der Waals surface area contributed by atoms with E-state index in [2.05, 4.69) is 4.98 Å². The molecule has 1 aromatic carbocycles. The zero-order chi connectivity index (χ0) is 10.7. The summed E-state index contributed by atoms with van der Waals surface area (Å²) in [6.45, 7) is 0. The Morgan fingerprint density at radius 1 is 1.07 bits per heavy atom. The van der Waals surface area contributed by atoms with Gasteiger partial charge < -0.3 is 0 Å². The quantitative estimate of drug-likeness (QED) is 0.571. The predicted molar refractivity (Wildman–Crippen MR) is 60.1 cm³/mol. The molecule has 74 valence electrons. The number of carbonyl (C=O) groups is 1. The Balaban J connectivity index is 2.51. The first-order valence-corrected chi connectivity index (χ1v) is 4.86. The minimum Gasteiger partial charge on any atom is -0.296 e. The maximum Gasteiger partial charge on any atom is 0.168 e. The van der Waals surface area contributed by atoms with E-state index in [9.17, 15) is 4.79 Å². The maximum atomic E-state index is 10.5. The summed E-state index contributed by atoms with van der Waals surface area (Å²) in [5, 5.41) is 0.353. The molecule has 1 aromatic heterocycles. The lowest BCUT2D eigenvalue weighted by Gasteiger charge is -2.03. The molecule has 0 saturated heterocycles. The van der Waals surface area contributed by atoms with Crippen molar-refractivity contribution in [1.29, 1.82) is 0 Å². The average Bonchev–Trinajstić information content (AvgIpc) is 2.30. The van der Waals surface area contributed by atoms with Crippen molar-refractivity contribution in [1.82, 2.24) is 4.98 Å². The Labute approximate surface area is 92.5 Å². The van der Waals surface area contributed by atoms with Crippen molar-refractivity contribution in [3.63, 3.8) is 0 Å². The van der Waals surface area contributed by atoms with Crippen LogP contribution in [0.3, 0.4) is 0 Å². The van der Waals surface area contributed by atoms with Gasteiger partial charge in [-0.25, -0.2) is 4.98 Å². The van der Waals surface area contributed by atoms with E-state index in [1.54, 1.807) is 12.1 Å². The largest absolute Gasteiger partial charge is 0.296 e. The van der Waals surface area contributed by atoms with Crippen molar-refractivity contribution in [3.05, 3.63) is 53.3 Å². The molecule has 0 aliphatic rings. The number of aromatic nitrogens is 1. The van der Waals surface area contributed by atoms with Gasteiger partial charge in [0.15, 0.2) is 6.29 Å². The molecule has 0 unspecified atom stereocenters. The van der Waals surface area contributed by atoms with Crippen molar-refractivity contribution in [3.8, 4) is 11.1 Å². The average molecular weight is 218 g/mol. The van der Waals surface area contributed by atoms with Gasteiger partial charge in [0, 0.05) is 5.56 Å². The zero-order valence-electron chi connectivity index (χ0n) is 7.85. The van der Waals surface area contributed by atoms with Gasteiger partial charge in [-0.1, -0.05) is 41.9 Å². The van der Waals surface area contributed by atoms with E-state index in [4.69, 9.17) is 11.6 Å². The van der Waals surface area contributed by atoms with Crippen LogP contribution in [0.5, 0.6) is 0 Å². The number of halogens is 1. The number of carbonyl (C=O) groups excluding carboxylic acids is 1. The predicted octanol–water partition coefficient (Wildman–Crippen LogP) is 3.21. The van der Waals surface area contributed by atoms with Gasteiger partial charge in [-0.05, 0) is 17.7 Å². The van der Waals surface area contributed by atoms with E-state index in [0.717, 1.165) is 11.1 Å². The molecule has 0 fully saturated rings. The van der Waals surface area contributed by atoms with Crippen molar-refractivity contribution >= 4 is 17.9 Å². The van der Waals surface area contributed by atoms with E-state index >= 15 is 0 Å². The molecular formula is C12H8ClNO. The van der Waals surface area contributed by atoms with Gasteiger partial charge >= 0.3 is 0 Å². The van der Waals surface area contributed by atoms with Crippen molar-refractivity contribution in [2.75, 3.05) is 0 Å². The maximum absolute atomic E-state index is 10.5. The van der Waals surface area contributed by atoms with Gasteiger partial charge in [0.05, 0.1) is 0 Å². The van der Waals surface area contributed by atoms with Gasteiger partial charge in [-0.2, -0.15) is 0 Å². The molecule has 0 spiro atoms. The minimum absolute atomic E-state index is 0.347. The van der Waals surface area contributed by atoms with Gasteiger partial charge in [0.2, 0.25) is 0 Å². The third-order valence-electron chi connectivity index (χ3n) is 2.08. The zero-order valence-corrected chi connectivity index (χ0v) is 8.61. The third-order valence-corrected chi connectivity index (χ3v) is 2.36. The van der Waals surface area contributed by atoms with Crippen LogP contribution in [-0.4, -0.2) is 11.3 Å². The highest BCUT2D eigenvalue weighted by atomic mass is 35.5. The van der Waals surface area contributed by atoms with Gasteiger partial charge in [0.25, 0.3) is 0 Å². The SMILES string of the molecule is O=Cc1ccc(-c2ccccc2)c(Cl)n1. The Bertz CT molecular complexity index is 482. The first kappa shape index (κ1) is 9.87. The van der Waals surface area contributed by atoms with Gasteiger partial charge in [-0.15, -0.1) is 0 Å². The molecule has 2 aromatic rings. The van der Waals surface area contributed by atoms with Crippen molar-refractivity contribution in [2.24, 2.45) is 0 Å². The lowest BCUT2D eigenvalue weighted by atomic mass is 10.1. The minimum atomic E-state index is 0.347. The van der Waals surface area contributed by atoms with Gasteiger partial charge in [-0.3, -0.25) is 4.79 Å². The normalized spacial score (nSPS) is 9.93. The molecule has 0 radical (unpaired) electrons. The summed E-state index contributed by atoms with van der Waals surface area (Å²) in [7, 11) is 0. The van der Waals surface area contributed by atoms with Crippen LogP contribution in [0.4, 0.5) is 0 Å². The third kappa shape index (κ3) is 2.05. The number of pyridine rings is 1. The molecule has 0 saturated carbocycles. The standard InChI is InChI=1S/C12H8ClNO/c13-12-11(7-6-10(8-15)14-12)9-4-2-1-3-5-9/h1-8H. The number of aldehydes is 1. The second-order valence-electron chi connectivity index (χ2n) is 3.06. The van der Waals surface area contributed by atoms with Crippen LogP contribution in [0.25, 0.3) is 11.1 Å². The summed E-state index contributed by atoms with van der Waals surface area (Å²) in [5.74, 6) is 0. The summed E-state index contributed by atoms with van der Waals surface area (Å²) in [4.78, 5) is 14.5. The first-order chi connectivity index (χ1) is 7.31. The van der Waals surface area contributed by atoms with Gasteiger partial charge in [0.1, 0.15) is 10.8 Å². The fraction of sp³-hybridized carbons (Fsp3) is 0. The number of hydrogen-bond donors (Lipinski definition) is 0. The highest BCUT2D eigenvalue weighted by Crippen LogP contribution is 2.25. The second-order valence-corrected chi connectivity index (χ2v) is 3.42. The van der Waals surface area contributed by atoms with E-state index in [-0.39, 0.29) is 0 Å². The van der Waals surface area contributed by atoms with Crippen LogP contribution >= 0.6 is 11.6 Å². The van der Waals surface area contributed by atoms with Crippen LogP contribution in [0, 0.1) is 0 Å². The van der Waals surface area contributed by atoms with Crippen LogP contribution in [0.2, 0.25) is 5.15 Å². The molecule has 0 bridgehead atoms. The fourth-order valence-corrected chi connectivity index (χ4v) is 1.62. The lowest BCUT2D eigenvalue weighted by molar-refractivity contribution is 0.111. The molecule has 2 rings (SSSR count). The molecular weight excluding hydrogens is 210 g/mol. The molecule has 0 aliphatic carbocycles. The highest BCUT2D eigenvalue weighted by molar-refractivity contribution is 6.32. The van der Waals surface area contributed by atoms with Crippen molar-refractivity contribution < 1.29 is 4.79 Å². The molecule has 0 aliphatic heterocycles. The highest BCUT2D eigenvalue weighted by Gasteiger charge is 2.04. The Morgan fingerprint density at radius 3 is 2.40 bits per heavy atom. The van der Waals surface area contributed by atoms with E-state index in [1.807, 2.05) is 30.3 Å². The summed E-state index contributed by atoms with van der Waals surface area (Å²) in [6.07, 6.45) is 0.681. The molecule has 0 amide bonds. The van der Waals surface area contributed by atoms with Crippen LogP contribution in [0.15, 0.2) is 42.5 Å². The summed E-state index contributed by atoms with van der Waals surface area (Å²) < 4.78 is 0. The molecule has 0 atom stereocenters.